The fourth-order valence-corrected chi connectivity index (χ4v) is 4.97. The van der Waals surface area contributed by atoms with E-state index in [1.807, 2.05) is 60.7 Å². The number of carbonyl (C=O) groups is 2. The number of halogens is 1. The van der Waals surface area contributed by atoms with E-state index in [1.165, 1.54) is 0 Å². The molecule has 2 aromatic carbocycles. The normalized spacial score (nSPS) is 23.6. The van der Waals surface area contributed by atoms with Gasteiger partial charge in [0.15, 0.2) is 11.6 Å². The van der Waals surface area contributed by atoms with Crippen molar-refractivity contribution in [3.05, 3.63) is 71.8 Å². The number of hydrogen-bond donors (Lipinski definition) is 0. The number of alkyl halides is 1. The second-order valence-corrected chi connectivity index (χ2v) is 8.06. The van der Waals surface area contributed by atoms with Gasteiger partial charge in [0, 0.05) is 27.4 Å². The Labute approximate surface area is 156 Å². The standard InChI is InChI=1S/C21H21IO2/c22-18-13-7-12-17(14-19(23)15-8-3-1-4-9-15)20(18)21(24)16-10-5-2-6-11-16/h1-6,8-11,17-18,20H,7,12-14H2/t17-,18-,20-/m0/s1. The molecule has 1 fully saturated rings. The average molecular weight is 432 g/mol. The molecule has 2 aromatic rings. The van der Waals surface area contributed by atoms with Gasteiger partial charge < -0.3 is 0 Å². The lowest BCUT2D eigenvalue weighted by atomic mass is 9.73. The number of Topliss-reactive ketones (excluding diaryl/α,β-unsaturated/α-hetero) is 2. The van der Waals surface area contributed by atoms with Crippen LogP contribution in [-0.2, 0) is 0 Å². The molecule has 1 aliphatic carbocycles. The van der Waals surface area contributed by atoms with E-state index in [9.17, 15) is 9.59 Å². The third kappa shape index (κ3) is 3.94. The number of hydrogen-bond acceptors (Lipinski definition) is 2. The van der Waals surface area contributed by atoms with Crippen LogP contribution in [0, 0.1) is 11.8 Å². The highest BCUT2D eigenvalue weighted by Crippen LogP contribution is 2.39. The monoisotopic (exact) mass is 432 g/mol. The molecule has 1 saturated carbocycles. The molecule has 0 radical (unpaired) electrons. The molecule has 1 aliphatic rings. The van der Waals surface area contributed by atoms with E-state index in [0.29, 0.717) is 10.3 Å². The molecule has 0 spiro atoms. The minimum atomic E-state index is -0.0607. The molecule has 3 rings (SSSR count). The molecule has 0 heterocycles. The minimum absolute atomic E-state index is 0.0607. The molecular formula is C21H21IO2. The van der Waals surface area contributed by atoms with Gasteiger partial charge in [-0.05, 0) is 18.8 Å². The van der Waals surface area contributed by atoms with E-state index >= 15 is 0 Å². The lowest BCUT2D eigenvalue weighted by molar-refractivity contribution is 0.0800. The van der Waals surface area contributed by atoms with Crippen molar-refractivity contribution < 1.29 is 9.59 Å². The Morgan fingerprint density at radius 2 is 1.46 bits per heavy atom. The molecule has 0 unspecified atom stereocenters. The second-order valence-electron chi connectivity index (χ2n) is 6.46. The molecule has 3 heteroatoms. The molecule has 0 saturated heterocycles. The molecule has 24 heavy (non-hydrogen) atoms. The SMILES string of the molecule is O=C(C[C@@H]1CCC[C@H](I)[C@H]1C(=O)c1ccccc1)c1ccccc1. The van der Waals surface area contributed by atoms with Gasteiger partial charge in [0.05, 0.1) is 0 Å². The summed E-state index contributed by atoms with van der Waals surface area (Å²) in [6, 6.07) is 18.9. The maximum absolute atomic E-state index is 13.0. The molecule has 0 aromatic heterocycles. The Morgan fingerprint density at radius 3 is 2.08 bits per heavy atom. The van der Waals surface area contributed by atoms with Crippen molar-refractivity contribution in [2.45, 2.75) is 29.6 Å². The van der Waals surface area contributed by atoms with Crippen molar-refractivity contribution >= 4 is 34.2 Å². The van der Waals surface area contributed by atoms with Crippen molar-refractivity contribution in [1.82, 2.24) is 0 Å². The van der Waals surface area contributed by atoms with E-state index in [4.69, 9.17) is 0 Å². The molecule has 0 amide bonds. The summed E-state index contributed by atoms with van der Waals surface area (Å²) in [4.78, 5) is 25.6. The molecule has 0 aliphatic heterocycles. The topological polar surface area (TPSA) is 34.1 Å². The highest BCUT2D eigenvalue weighted by molar-refractivity contribution is 14.1. The molecule has 0 bridgehead atoms. The first-order valence-electron chi connectivity index (χ1n) is 8.48. The molecule has 0 N–H and O–H groups in total. The maximum Gasteiger partial charge on any atom is 0.167 e. The summed E-state index contributed by atoms with van der Waals surface area (Å²) in [6.45, 7) is 0. The van der Waals surface area contributed by atoms with Crippen LogP contribution in [0.15, 0.2) is 60.7 Å². The highest BCUT2D eigenvalue weighted by Gasteiger charge is 2.38. The fourth-order valence-electron chi connectivity index (χ4n) is 3.61. The van der Waals surface area contributed by atoms with Crippen molar-refractivity contribution in [1.29, 1.82) is 0 Å². The van der Waals surface area contributed by atoms with Gasteiger partial charge in [-0.15, -0.1) is 0 Å². The largest absolute Gasteiger partial charge is 0.294 e. The van der Waals surface area contributed by atoms with Gasteiger partial charge in [-0.2, -0.15) is 0 Å². The van der Waals surface area contributed by atoms with Crippen LogP contribution in [0.3, 0.4) is 0 Å². The maximum atomic E-state index is 13.0. The zero-order chi connectivity index (χ0) is 16.9. The van der Waals surface area contributed by atoms with Gasteiger partial charge in [-0.25, -0.2) is 0 Å². The summed E-state index contributed by atoms with van der Waals surface area (Å²) in [5.41, 5.74) is 1.52. The quantitative estimate of drug-likeness (QED) is 0.362. The van der Waals surface area contributed by atoms with Crippen LogP contribution in [0.5, 0.6) is 0 Å². The van der Waals surface area contributed by atoms with E-state index in [2.05, 4.69) is 22.6 Å². The van der Waals surface area contributed by atoms with Gasteiger partial charge in [0.1, 0.15) is 0 Å². The van der Waals surface area contributed by atoms with Crippen molar-refractivity contribution in [2.75, 3.05) is 0 Å². The Morgan fingerprint density at radius 1 is 0.875 bits per heavy atom. The van der Waals surface area contributed by atoms with Crippen LogP contribution in [0.25, 0.3) is 0 Å². The lowest BCUT2D eigenvalue weighted by Crippen LogP contribution is -2.36. The summed E-state index contributed by atoms with van der Waals surface area (Å²) < 4.78 is 0.303. The fraction of sp³-hybridized carbons (Fsp3) is 0.333. The van der Waals surface area contributed by atoms with Gasteiger partial charge in [-0.1, -0.05) is 89.7 Å². The van der Waals surface area contributed by atoms with Crippen LogP contribution < -0.4 is 0 Å². The molecular weight excluding hydrogens is 411 g/mol. The summed E-state index contributed by atoms with van der Waals surface area (Å²) in [7, 11) is 0. The van der Waals surface area contributed by atoms with Crippen LogP contribution in [0.2, 0.25) is 0 Å². The number of carbonyl (C=O) groups excluding carboxylic acids is 2. The van der Waals surface area contributed by atoms with E-state index in [1.54, 1.807) is 0 Å². The summed E-state index contributed by atoms with van der Waals surface area (Å²) in [5.74, 6) is 0.424. The molecule has 3 atom stereocenters. The number of rotatable bonds is 5. The first-order valence-corrected chi connectivity index (χ1v) is 9.73. The Hall–Kier alpha value is -1.49. The smallest absolute Gasteiger partial charge is 0.167 e. The first-order chi connectivity index (χ1) is 11.7. The predicted octanol–water partition coefficient (Wildman–Crippen LogP) is 5.36. The Kier molecular flexibility index (Phi) is 5.82. The van der Waals surface area contributed by atoms with Crippen LogP contribution in [-0.4, -0.2) is 15.5 Å². The van der Waals surface area contributed by atoms with Gasteiger partial charge >= 0.3 is 0 Å². The zero-order valence-corrected chi connectivity index (χ0v) is 15.7. The van der Waals surface area contributed by atoms with Crippen LogP contribution in [0.4, 0.5) is 0 Å². The predicted molar refractivity (Wildman–Crippen MR) is 105 cm³/mol. The molecule has 2 nitrogen and oxygen atoms in total. The Bertz CT molecular complexity index is 696. The summed E-state index contributed by atoms with van der Waals surface area (Å²) in [5, 5.41) is 0. The highest BCUT2D eigenvalue weighted by atomic mass is 127. The Balaban J connectivity index is 1.80. The van der Waals surface area contributed by atoms with Crippen LogP contribution in [0.1, 0.15) is 46.4 Å². The van der Waals surface area contributed by atoms with Gasteiger partial charge in [0.25, 0.3) is 0 Å². The van der Waals surface area contributed by atoms with Crippen molar-refractivity contribution in [2.24, 2.45) is 11.8 Å². The zero-order valence-electron chi connectivity index (χ0n) is 13.5. The van der Waals surface area contributed by atoms with Gasteiger partial charge in [0.2, 0.25) is 0 Å². The van der Waals surface area contributed by atoms with Crippen molar-refractivity contribution in [3.63, 3.8) is 0 Å². The van der Waals surface area contributed by atoms with E-state index in [0.717, 1.165) is 30.4 Å². The van der Waals surface area contributed by atoms with Gasteiger partial charge in [-0.3, -0.25) is 9.59 Å². The minimum Gasteiger partial charge on any atom is -0.294 e. The van der Waals surface area contributed by atoms with E-state index in [-0.39, 0.29) is 23.4 Å². The number of ketones is 2. The average Bonchev–Trinajstić information content (AvgIpc) is 2.63. The summed E-state index contributed by atoms with van der Waals surface area (Å²) in [6.07, 6.45) is 3.58. The van der Waals surface area contributed by atoms with Crippen molar-refractivity contribution in [3.8, 4) is 0 Å². The third-order valence-electron chi connectivity index (χ3n) is 4.86. The lowest BCUT2D eigenvalue weighted by Gasteiger charge is -2.34. The molecule has 124 valence electrons. The number of benzene rings is 2. The second kappa shape index (κ2) is 8.06. The summed E-state index contributed by atoms with van der Waals surface area (Å²) >= 11 is 2.41. The van der Waals surface area contributed by atoms with Crippen LogP contribution >= 0.6 is 22.6 Å². The van der Waals surface area contributed by atoms with E-state index < -0.39 is 0 Å². The first kappa shape index (κ1) is 17.3. The third-order valence-corrected chi connectivity index (χ3v) is 6.25.